The van der Waals surface area contributed by atoms with Crippen molar-refractivity contribution in [2.24, 2.45) is 0 Å². The Hall–Kier alpha value is -3.00. The summed E-state index contributed by atoms with van der Waals surface area (Å²) in [4.78, 5) is 4.86. The van der Waals surface area contributed by atoms with Gasteiger partial charge in [-0.3, -0.25) is 4.98 Å². The first-order valence-corrected chi connectivity index (χ1v) is 7.95. The first-order chi connectivity index (χ1) is 11.7. The minimum absolute atomic E-state index is 0.232. The molecule has 0 fully saturated rings. The van der Waals surface area contributed by atoms with Crippen LogP contribution in [0.3, 0.4) is 0 Å². The van der Waals surface area contributed by atoms with Crippen LogP contribution in [0.15, 0.2) is 78.9 Å². The maximum absolute atomic E-state index is 14.0. The third-order valence-corrected chi connectivity index (χ3v) is 4.27. The van der Waals surface area contributed by atoms with Gasteiger partial charge < -0.3 is 0 Å². The van der Waals surface area contributed by atoms with E-state index in [2.05, 4.69) is 0 Å². The Balaban J connectivity index is 2.16. The molecule has 0 amide bonds. The van der Waals surface area contributed by atoms with Gasteiger partial charge in [0, 0.05) is 22.2 Å². The normalized spacial score (nSPS) is 10.9. The van der Waals surface area contributed by atoms with Gasteiger partial charge >= 0.3 is 0 Å². The number of aromatic nitrogens is 1. The molecule has 1 heterocycles. The fourth-order valence-electron chi connectivity index (χ4n) is 3.15. The lowest BCUT2D eigenvalue weighted by Gasteiger charge is -2.15. The zero-order chi connectivity index (χ0) is 16.5. The summed E-state index contributed by atoms with van der Waals surface area (Å²) in [5.74, 6) is -0.232. The molecule has 0 atom stereocenters. The first kappa shape index (κ1) is 14.6. The Morgan fingerprint density at radius 2 is 1.33 bits per heavy atom. The fourth-order valence-corrected chi connectivity index (χ4v) is 3.15. The van der Waals surface area contributed by atoms with Crippen LogP contribution in [0.25, 0.3) is 33.2 Å². The zero-order valence-electron chi connectivity index (χ0n) is 13.3. The van der Waals surface area contributed by atoms with Crippen molar-refractivity contribution in [2.45, 2.75) is 6.92 Å². The molecule has 4 aromatic rings. The van der Waals surface area contributed by atoms with Gasteiger partial charge in [-0.15, -0.1) is 0 Å². The number of pyridine rings is 1. The predicted molar refractivity (Wildman–Crippen MR) is 97.3 cm³/mol. The molecule has 0 aliphatic carbocycles. The van der Waals surface area contributed by atoms with E-state index >= 15 is 0 Å². The van der Waals surface area contributed by atoms with E-state index in [-0.39, 0.29) is 5.82 Å². The van der Waals surface area contributed by atoms with Crippen molar-refractivity contribution in [3.63, 3.8) is 0 Å². The van der Waals surface area contributed by atoms with Gasteiger partial charge in [-0.1, -0.05) is 60.7 Å². The number of hydrogen-bond donors (Lipinski definition) is 0. The van der Waals surface area contributed by atoms with Crippen molar-refractivity contribution in [2.75, 3.05) is 0 Å². The van der Waals surface area contributed by atoms with Gasteiger partial charge in [-0.25, -0.2) is 4.39 Å². The highest BCUT2D eigenvalue weighted by molar-refractivity contribution is 6.03. The zero-order valence-corrected chi connectivity index (χ0v) is 13.3. The predicted octanol–water partition coefficient (Wildman–Crippen LogP) is 6.02. The van der Waals surface area contributed by atoms with Crippen LogP contribution >= 0.6 is 0 Å². The lowest BCUT2D eigenvalue weighted by molar-refractivity contribution is 0.629. The van der Waals surface area contributed by atoms with E-state index in [1.807, 2.05) is 73.7 Å². The van der Waals surface area contributed by atoms with Crippen molar-refractivity contribution in [3.05, 3.63) is 90.4 Å². The molecule has 0 N–H and O–H groups in total. The highest BCUT2D eigenvalue weighted by Gasteiger charge is 2.15. The standard InChI is InChI=1S/C22H16FN/c1-15-19-13-12-18(23)14-20(19)21(16-8-4-2-5-9-16)22(24-15)17-10-6-3-7-11-17/h2-14H,1H3. The minimum atomic E-state index is -0.232. The van der Waals surface area contributed by atoms with Crippen molar-refractivity contribution in [1.29, 1.82) is 0 Å². The molecule has 0 saturated carbocycles. The first-order valence-electron chi connectivity index (χ1n) is 7.95. The molecule has 0 saturated heterocycles. The Bertz CT molecular complexity index is 1010. The van der Waals surface area contributed by atoms with E-state index < -0.39 is 0 Å². The molecule has 0 unspecified atom stereocenters. The topological polar surface area (TPSA) is 12.9 Å². The second kappa shape index (κ2) is 5.89. The number of aryl methyl sites for hydroxylation is 1. The van der Waals surface area contributed by atoms with Crippen LogP contribution in [0, 0.1) is 12.7 Å². The van der Waals surface area contributed by atoms with E-state index in [0.29, 0.717) is 0 Å². The van der Waals surface area contributed by atoms with Crippen LogP contribution < -0.4 is 0 Å². The van der Waals surface area contributed by atoms with E-state index in [1.54, 1.807) is 6.07 Å². The molecule has 0 spiro atoms. The summed E-state index contributed by atoms with van der Waals surface area (Å²) in [6.45, 7) is 1.97. The van der Waals surface area contributed by atoms with Crippen molar-refractivity contribution < 1.29 is 4.39 Å². The van der Waals surface area contributed by atoms with Crippen LogP contribution in [0.5, 0.6) is 0 Å². The third-order valence-electron chi connectivity index (χ3n) is 4.27. The van der Waals surface area contributed by atoms with Gasteiger partial charge in [0.2, 0.25) is 0 Å². The molecule has 1 nitrogen and oxygen atoms in total. The molecule has 24 heavy (non-hydrogen) atoms. The van der Waals surface area contributed by atoms with Crippen molar-refractivity contribution >= 4 is 10.8 Å². The molecule has 0 aliphatic heterocycles. The average molecular weight is 313 g/mol. The van der Waals surface area contributed by atoms with E-state index in [0.717, 1.165) is 38.9 Å². The molecule has 0 aliphatic rings. The molecular formula is C22H16FN. The summed E-state index contributed by atoms with van der Waals surface area (Å²) < 4.78 is 14.0. The van der Waals surface area contributed by atoms with E-state index in [9.17, 15) is 4.39 Å². The van der Waals surface area contributed by atoms with Crippen molar-refractivity contribution in [3.8, 4) is 22.4 Å². The molecule has 4 rings (SSSR count). The fraction of sp³-hybridized carbons (Fsp3) is 0.0455. The molecule has 0 bridgehead atoms. The van der Waals surface area contributed by atoms with E-state index in [4.69, 9.17) is 4.98 Å². The van der Waals surface area contributed by atoms with Gasteiger partial charge in [0.1, 0.15) is 5.82 Å². The Labute approximate surface area is 140 Å². The SMILES string of the molecule is Cc1nc(-c2ccccc2)c(-c2ccccc2)c2cc(F)ccc12. The van der Waals surface area contributed by atoms with Crippen LogP contribution in [-0.4, -0.2) is 4.98 Å². The maximum atomic E-state index is 14.0. The van der Waals surface area contributed by atoms with Gasteiger partial charge in [-0.05, 0) is 36.1 Å². The summed E-state index contributed by atoms with van der Waals surface area (Å²) in [5, 5.41) is 1.88. The minimum Gasteiger partial charge on any atom is -0.252 e. The van der Waals surface area contributed by atoms with Gasteiger partial charge in [0.25, 0.3) is 0 Å². The molecule has 0 radical (unpaired) electrons. The van der Waals surface area contributed by atoms with Gasteiger partial charge in [0.05, 0.1) is 5.69 Å². The van der Waals surface area contributed by atoms with E-state index in [1.165, 1.54) is 6.07 Å². The summed E-state index contributed by atoms with van der Waals surface area (Å²) in [6.07, 6.45) is 0. The molecule has 1 aromatic heterocycles. The van der Waals surface area contributed by atoms with Crippen LogP contribution in [0.1, 0.15) is 5.69 Å². The lowest BCUT2D eigenvalue weighted by atomic mass is 9.93. The number of hydrogen-bond acceptors (Lipinski definition) is 1. The van der Waals surface area contributed by atoms with Gasteiger partial charge in [0.15, 0.2) is 0 Å². The number of halogens is 1. The van der Waals surface area contributed by atoms with Crippen molar-refractivity contribution in [1.82, 2.24) is 4.98 Å². The average Bonchev–Trinajstić information content (AvgIpc) is 2.63. The second-order valence-corrected chi connectivity index (χ2v) is 5.84. The number of rotatable bonds is 2. The lowest BCUT2D eigenvalue weighted by Crippen LogP contribution is -1.96. The molecule has 2 heteroatoms. The highest BCUT2D eigenvalue weighted by atomic mass is 19.1. The largest absolute Gasteiger partial charge is 0.252 e. The quantitative estimate of drug-likeness (QED) is 0.441. The van der Waals surface area contributed by atoms with Crippen LogP contribution in [0.4, 0.5) is 4.39 Å². The number of nitrogens with zero attached hydrogens (tertiary/aromatic N) is 1. The monoisotopic (exact) mass is 313 g/mol. The van der Waals surface area contributed by atoms with Gasteiger partial charge in [-0.2, -0.15) is 0 Å². The maximum Gasteiger partial charge on any atom is 0.123 e. The smallest absolute Gasteiger partial charge is 0.123 e. The van der Waals surface area contributed by atoms with Crippen LogP contribution in [0.2, 0.25) is 0 Å². The Morgan fingerprint density at radius 3 is 2.00 bits per heavy atom. The number of fused-ring (bicyclic) bond motifs is 1. The molecule has 116 valence electrons. The number of benzene rings is 3. The third kappa shape index (κ3) is 2.46. The van der Waals surface area contributed by atoms with Crippen LogP contribution in [-0.2, 0) is 0 Å². The summed E-state index contributed by atoms with van der Waals surface area (Å²) >= 11 is 0. The Morgan fingerprint density at radius 1 is 0.708 bits per heavy atom. The summed E-state index contributed by atoms with van der Waals surface area (Å²) in [5.41, 5.74) is 4.84. The Kier molecular flexibility index (Phi) is 3.58. The highest BCUT2D eigenvalue weighted by Crippen LogP contribution is 2.37. The molecular weight excluding hydrogens is 297 g/mol. The second-order valence-electron chi connectivity index (χ2n) is 5.84. The summed E-state index contributed by atoms with van der Waals surface area (Å²) in [6, 6.07) is 25.0. The summed E-state index contributed by atoms with van der Waals surface area (Å²) in [7, 11) is 0. The molecule has 3 aromatic carbocycles.